The maximum atomic E-state index is 10.5. The van der Waals surface area contributed by atoms with Crippen molar-refractivity contribution in [2.75, 3.05) is 13.2 Å². The summed E-state index contributed by atoms with van der Waals surface area (Å²) in [7, 11) is 3.86. The molecule has 2 N–H and O–H groups in total. The second-order valence-electron chi connectivity index (χ2n) is 9.05. The lowest BCUT2D eigenvalue weighted by Crippen LogP contribution is -2.36. The zero-order chi connectivity index (χ0) is 23.3. The van der Waals surface area contributed by atoms with E-state index in [4.69, 9.17) is 9.84 Å². The highest BCUT2D eigenvalue weighted by molar-refractivity contribution is 5.87. The number of aromatic amines is 1. The molecule has 0 radical (unpaired) electrons. The minimum atomic E-state index is -0.613. The summed E-state index contributed by atoms with van der Waals surface area (Å²) in [5.41, 5.74) is 7.39. The number of aliphatic hydroxyl groups is 1. The van der Waals surface area contributed by atoms with Crippen molar-refractivity contribution in [3.05, 3.63) is 47.0 Å². The van der Waals surface area contributed by atoms with Crippen LogP contribution in [0.2, 0.25) is 0 Å². The third-order valence-electron chi connectivity index (χ3n) is 6.76. The van der Waals surface area contributed by atoms with Crippen molar-refractivity contribution in [1.82, 2.24) is 34.7 Å². The highest BCUT2D eigenvalue weighted by Gasteiger charge is 2.24. The van der Waals surface area contributed by atoms with E-state index < -0.39 is 6.23 Å². The summed E-state index contributed by atoms with van der Waals surface area (Å²) >= 11 is 0. The number of aromatic nitrogens is 6. The van der Waals surface area contributed by atoms with E-state index >= 15 is 0 Å². The van der Waals surface area contributed by atoms with Gasteiger partial charge in [0.15, 0.2) is 0 Å². The molecule has 5 rings (SSSR count). The Bertz CT molecular complexity index is 1300. The number of ether oxygens (including phenoxy) is 1. The van der Waals surface area contributed by atoms with Gasteiger partial charge in [-0.3, -0.25) is 14.7 Å². The fourth-order valence-electron chi connectivity index (χ4n) is 4.84. The molecule has 174 valence electrons. The molecular weight excluding hydrogens is 418 g/mol. The normalized spacial score (nSPS) is 18.4. The fraction of sp³-hybridized carbons (Fsp3) is 0.458. The average molecular weight is 450 g/mol. The highest BCUT2D eigenvalue weighted by atomic mass is 16.5. The Morgan fingerprint density at radius 3 is 2.85 bits per heavy atom. The van der Waals surface area contributed by atoms with E-state index in [0.29, 0.717) is 25.6 Å². The Hall–Kier alpha value is -3.17. The van der Waals surface area contributed by atoms with Gasteiger partial charge < -0.3 is 9.84 Å². The Morgan fingerprint density at radius 1 is 1.24 bits per heavy atom. The van der Waals surface area contributed by atoms with Crippen molar-refractivity contribution in [1.29, 1.82) is 0 Å². The summed E-state index contributed by atoms with van der Waals surface area (Å²) in [6.07, 6.45) is 2.06. The molecule has 0 saturated carbocycles. The maximum absolute atomic E-state index is 10.5. The van der Waals surface area contributed by atoms with Crippen molar-refractivity contribution >= 4 is 10.9 Å². The van der Waals surface area contributed by atoms with Crippen molar-refractivity contribution in [3.63, 3.8) is 0 Å². The zero-order valence-corrected chi connectivity index (χ0v) is 19.8. The average Bonchev–Trinajstić information content (AvgIpc) is 3.43. The number of H-pyrrole nitrogens is 1. The van der Waals surface area contributed by atoms with Gasteiger partial charge in [-0.15, -0.1) is 0 Å². The molecule has 2 atom stereocenters. The Morgan fingerprint density at radius 2 is 2.06 bits per heavy atom. The van der Waals surface area contributed by atoms with Crippen molar-refractivity contribution in [2.24, 2.45) is 14.1 Å². The SMILES string of the molecule is Cc1nn(C)c2c1CC(C)c1[nH]nc3ccc(cc13)-c1cnn(C)c1OCCN(C(C)O)C2. The van der Waals surface area contributed by atoms with E-state index in [9.17, 15) is 5.11 Å². The molecule has 0 amide bonds. The van der Waals surface area contributed by atoms with Crippen molar-refractivity contribution in [3.8, 4) is 17.0 Å². The topological polar surface area (TPSA) is 97.0 Å². The lowest BCUT2D eigenvalue weighted by atomic mass is 9.93. The number of aryl methyl sites for hydroxylation is 3. The summed E-state index contributed by atoms with van der Waals surface area (Å²) in [5.74, 6) is 0.923. The zero-order valence-electron chi connectivity index (χ0n) is 19.8. The summed E-state index contributed by atoms with van der Waals surface area (Å²) in [4.78, 5) is 2.01. The van der Waals surface area contributed by atoms with Crippen LogP contribution in [-0.2, 0) is 27.1 Å². The van der Waals surface area contributed by atoms with Crippen LogP contribution in [0, 0.1) is 6.92 Å². The van der Waals surface area contributed by atoms with E-state index in [1.54, 1.807) is 11.6 Å². The van der Waals surface area contributed by atoms with E-state index in [1.165, 1.54) is 5.56 Å². The molecule has 1 aromatic carbocycles. The van der Waals surface area contributed by atoms with Gasteiger partial charge >= 0.3 is 0 Å². The first-order valence-electron chi connectivity index (χ1n) is 11.4. The molecule has 0 spiro atoms. The lowest BCUT2D eigenvalue weighted by molar-refractivity contribution is 0.00269. The van der Waals surface area contributed by atoms with Gasteiger partial charge in [0, 0.05) is 44.2 Å². The molecule has 0 aliphatic carbocycles. The van der Waals surface area contributed by atoms with Crippen LogP contribution in [0.25, 0.3) is 22.0 Å². The molecule has 1 aliphatic heterocycles. The molecule has 4 aromatic rings. The van der Waals surface area contributed by atoms with Crippen molar-refractivity contribution in [2.45, 2.75) is 45.9 Å². The van der Waals surface area contributed by atoms with Gasteiger partial charge in [0.1, 0.15) is 12.8 Å². The highest BCUT2D eigenvalue weighted by Crippen LogP contribution is 2.35. The lowest BCUT2D eigenvalue weighted by Gasteiger charge is -2.26. The molecule has 9 nitrogen and oxygen atoms in total. The van der Waals surface area contributed by atoms with E-state index in [0.717, 1.165) is 45.5 Å². The number of hydrogen-bond acceptors (Lipinski definition) is 6. The van der Waals surface area contributed by atoms with Gasteiger partial charge in [-0.05, 0) is 43.5 Å². The quantitative estimate of drug-likeness (QED) is 0.464. The van der Waals surface area contributed by atoms with Crippen LogP contribution < -0.4 is 4.74 Å². The van der Waals surface area contributed by atoms with Gasteiger partial charge in [-0.25, -0.2) is 4.68 Å². The minimum absolute atomic E-state index is 0.210. The number of nitrogens with one attached hydrogen (secondary N) is 1. The second-order valence-corrected chi connectivity index (χ2v) is 9.05. The van der Waals surface area contributed by atoms with E-state index in [1.807, 2.05) is 35.9 Å². The van der Waals surface area contributed by atoms with Crippen LogP contribution in [0.1, 0.15) is 42.4 Å². The van der Waals surface area contributed by atoms with Crippen LogP contribution in [0.3, 0.4) is 0 Å². The van der Waals surface area contributed by atoms with E-state index in [2.05, 4.69) is 41.3 Å². The molecule has 33 heavy (non-hydrogen) atoms. The molecule has 9 heteroatoms. The molecule has 4 heterocycles. The molecule has 1 aliphatic rings. The summed E-state index contributed by atoms with van der Waals surface area (Å²) in [5, 5.41) is 28.6. The van der Waals surface area contributed by atoms with Gasteiger partial charge in [0.25, 0.3) is 0 Å². The first kappa shape index (κ1) is 21.7. The van der Waals surface area contributed by atoms with Gasteiger partial charge in [0.05, 0.1) is 28.7 Å². The monoisotopic (exact) mass is 449 g/mol. The van der Waals surface area contributed by atoms with Gasteiger partial charge in [0.2, 0.25) is 5.88 Å². The van der Waals surface area contributed by atoms with Crippen LogP contribution in [0.4, 0.5) is 0 Å². The smallest absolute Gasteiger partial charge is 0.219 e. The Balaban J connectivity index is 1.65. The molecule has 0 saturated heterocycles. The van der Waals surface area contributed by atoms with Crippen LogP contribution in [0.15, 0.2) is 24.4 Å². The van der Waals surface area contributed by atoms with Gasteiger partial charge in [-0.1, -0.05) is 13.0 Å². The van der Waals surface area contributed by atoms with Crippen LogP contribution in [0.5, 0.6) is 5.88 Å². The standard InChI is InChI=1S/C24H31N7O2/c1-14-10-18-15(2)28-29(4)22(18)13-31(16(3)32)8-9-33-24-20(12-25-30(24)5)17-6-7-21-19(11-17)23(14)27-26-21/h6-7,11-12,14,16,32H,8-10,13H2,1-5H3,(H,26,27). The van der Waals surface area contributed by atoms with Gasteiger partial charge in [-0.2, -0.15) is 15.3 Å². The Labute approximate surface area is 193 Å². The fourth-order valence-corrected chi connectivity index (χ4v) is 4.84. The number of nitrogens with zero attached hydrogens (tertiary/aromatic N) is 6. The number of hydrogen-bond donors (Lipinski definition) is 2. The van der Waals surface area contributed by atoms with Crippen LogP contribution in [-0.4, -0.2) is 59.1 Å². The number of benzene rings is 1. The summed E-state index contributed by atoms with van der Waals surface area (Å²) in [6, 6.07) is 6.28. The molecule has 0 fully saturated rings. The maximum Gasteiger partial charge on any atom is 0.219 e. The van der Waals surface area contributed by atoms with E-state index in [-0.39, 0.29) is 5.92 Å². The number of fused-ring (bicyclic) bond motifs is 4. The summed E-state index contributed by atoms with van der Waals surface area (Å²) < 4.78 is 9.90. The Kier molecular flexibility index (Phi) is 5.46. The predicted molar refractivity (Wildman–Crippen MR) is 126 cm³/mol. The van der Waals surface area contributed by atoms with Crippen molar-refractivity contribution < 1.29 is 9.84 Å². The minimum Gasteiger partial charge on any atom is -0.476 e. The largest absolute Gasteiger partial charge is 0.476 e. The third-order valence-corrected chi connectivity index (χ3v) is 6.76. The molecular formula is C24H31N7O2. The first-order chi connectivity index (χ1) is 15.8. The first-order valence-corrected chi connectivity index (χ1v) is 11.4. The third kappa shape index (κ3) is 3.81. The molecule has 2 unspecified atom stereocenters. The molecule has 2 bridgehead atoms. The predicted octanol–water partition coefficient (Wildman–Crippen LogP) is 2.88. The molecule has 3 aromatic heterocycles. The number of aliphatic hydroxyl groups excluding tert-OH is 1. The summed E-state index contributed by atoms with van der Waals surface area (Å²) in [6.45, 7) is 7.66. The van der Waals surface area contributed by atoms with Crippen LogP contribution >= 0.6 is 0 Å². The second kappa shape index (κ2) is 8.31. The number of rotatable bonds is 1.